The molecule has 0 fully saturated rings. The molecule has 0 aliphatic carbocycles. The molecule has 1 N–H and O–H groups in total. The van der Waals surface area contributed by atoms with Gasteiger partial charge in [0.15, 0.2) is 0 Å². The van der Waals surface area contributed by atoms with Crippen molar-refractivity contribution in [2.75, 3.05) is 18.5 Å². The molecule has 1 aliphatic rings. The minimum atomic E-state index is -0.381. The van der Waals surface area contributed by atoms with Crippen LogP contribution in [0.3, 0.4) is 0 Å². The molecule has 0 spiro atoms. The Morgan fingerprint density at radius 2 is 2.10 bits per heavy atom. The van der Waals surface area contributed by atoms with Gasteiger partial charge in [-0.05, 0) is 50.5 Å². The van der Waals surface area contributed by atoms with Gasteiger partial charge in [-0.3, -0.25) is 9.69 Å². The SMILES string of the molecule is CCOC(=O)c1c(NC(=O)C=Cc2ccccc2Cl)sc2c1CCN(C(C)C)C2. The smallest absolute Gasteiger partial charge is 0.341 e. The number of nitrogens with zero attached hydrogens (tertiary/aromatic N) is 1. The maximum Gasteiger partial charge on any atom is 0.341 e. The van der Waals surface area contributed by atoms with Crippen molar-refractivity contribution >= 4 is 45.9 Å². The zero-order chi connectivity index (χ0) is 21.0. The predicted octanol–water partition coefficient (Wildman–Crippen LogP) is 5.00. The summed E-state index contributed by atoms with van der Waals surface area (Å²) >= 11 is 7.59. The molecule has 1 aliphatic heterocycles. The first-order valence-corrected chi connectivity index (χ1v) is 10.9. The van der Waals surface area contributed by atoms with Crippen LogP contribution in [-0.4, -0.2) is 36.0 Å². The van der Waals surface area contributed by atoms with Crippen molar-refractivity contribution in [2.24, 2.45) is 0 Å². The van der Waals surface area contributed by atoms with E-state index in [0.717, 1.165) is 35.5 Å². The first-order chi connectivity index (χ1) is 13.9. The zero-order valence-corrected chi connectivity index (χ0v) is 18.4. The van der Waals surface area contributed by atoms with Gasteiger partial charge in [-0.1, -0.05) is 29.8 Å². The fourth-order valence-electron chi connectivity index (χ4n) is 3.30. The summed E-state index contributed by atoms with van der Waals surface area (Å²) in [6.07, 6.45) is 3.86. The van der Waals surface area contributed by atoms with Crippen LogP contribution in [0.25, 0.3) is 6.08 Å². The zero-order valence-electron chi connectivity index (χ0n) is 16.8. The minimum Gasteiger partial charge on any atom is -0.462 e. The summed E-state index contributed by atoms with van der Waals surface area (Å²) in [7, 11) is 0. The molecule has 3 rings (SSSR count). The van der Waals surface area contributed by atoms with Crippen molar-refractivity contribution in [1.29, 1.82) is 0 Å². The molecule has 2 heterocycles. The number of thiophene rings is 1. The molecule has 1 aromatic carbocycles. The van der Waals surface area contributed by atoms with Gasteiger partial charge in [0.25, 0.3) is 0 Å². The fraction of sp³-hybridized carbons (Fsp3) is 0.364. The highest BCUT2D eigenvalue weighted by atomic mass is 35.5. The number of amides is 1. The van der Waals surface area contributed by atoms with E-state index in [-0.39, 0.29) is 11.9 Å². The van der Waals surface area contributed by atoms with Crippen LogP contribution in [0.15, 0.2) is 30.3 Å². The van der Waals surface area contributed by atoms with Gasteiger partial charge in [-0.2, -0.15) is 0 Å². The van der Waals surface area contributed by atoms with Crippen LogP contribution in [0.5, 0.6) is 0 Å². The molecule has 5 nitrogen and oxygen atoms in total. The van der Waals surface area contributed by atoms with E-state index in [1.807, 2.05) is 18.2 Å². The van der Waals surface area contributed by atoms with Gasteiger partial charge in [0, 0.05) is 35.1 Å². The van der Waals surface area contributed by atoms with E-state index in [0.29, 0.717) is 28.2 Å². The lowest BCUT2D eigenvalue weighted by atomic mass is 10.0. The number of ether oxygens (including phenoxy) is 1. The molecular formula is C22H25ClN2O3S. The van der Waals surface area contributed by atoms with Crippen LogP contribution in [0.2, 0.25) is 5.02 Å². The van der Waals surface area contributed by atoms with E-state index in [1.165, 1.54) is 17.4 Å². The number of benzene rings is 1. The quantitative estimate of drug-likeness (QED) is 0.515. The van der Waals surface area contributed by atoms with Crippen LogP contribution in [-0.2, 0) is 22.5 Å². The largest absolute Gasteiger partial charge is 0.462 e. The second kappa shape index (κ2) is 9.57. The summed E-state index contributed by atoms with van der Waals surface area (Å²) in [4.78, 5) is 28.6. The third-order valence-electron chi connectivity index (χ3n) is 4.85. The van der Waals surface area contributed by atoms with Gasteiger partial charge in [-0.15, -0.1) is 11.3 Å². The summed E-state index contributed by atoms with van der Waals surface area (Å²) in [6.45, 7) is 8.05. The summed E-state index contributed by atoms with van der Waals surface area (Å²) in [5.41, 5.74) is 2.25. The maximum atomic E-state index is 12.6. The van der Waals surface area contributed by atoms with E-state index >= 15 is 0 Å². The number of fused-ring (bicyclic) bond motifs is 1. The van der Waals surface area contributed by atoms with E-state index in [1.54, 1.807) is 19.1 Å². The normalized spacial score (nSPS) is 14.2. The molecular weight excluding hydrogens is 408 g/mol. The Labute approximate surface area is 180 Å². The van der Waals surface area contributed by atoms with Gasteiger partial charge in [0.05, 0.1) is 12.2 Å². The molecule has 0 radical (unpaired) electrons. The molecule has 0 atom stereocenters. The number of anilines is 1. The maximum absolute atomic E-state index is 12.6. The van der Waals surface area contributed by atoms with Crippen LogP contribution in [0.4, 0.5) is 5.00 Å². The molecule has 0 saturated heterocycles. The summed E-state index contributed by atoms with van der Waals surface area (Å²) in [5, 5.41) is 3.99. The first kappa shape index (κ1) is 21.6. The summed E-state index contributed by atoms with van der Waals surface area (Å²) < 4.78 is 5.26. The number of rotatable bonds is 6. The van der Waals surface area contributed by atoms with Crippen LogP contribution in [0.1, 0.15) is 47.1 Å². The number of hydrogen-bond acceptors (Lipinski definition) is 5. The summed E-state index contributed by atoms with van der Waals surface area (Å²) in [5.74, 6) is -0.692. The van der Waals surface area contributed by atoms with Gasteiger partial charge in [0.2, 0.25) is 5.91 Å². The van der Waals surface area contributed by atoms with Crippen LogP contribution >= 0.6 is 22.9 Å². The monoisotopic (exact) mass is 432 g/mol. The Bertz CT molecular complexity index is 936. The van der Waals surface area contributed by atoms with Crippen molar-refractivity contribution in [1.82, 2.24) is 4.90 Å². The summed E-state index contributed by atoms with van der Waals surface area (Å²) in [6, 6.07) is 7.72. The molecule has 2 aromatic rings. The molecule has 0 unspecified atom stereocenters. The van der Waals surface area contributed by atoms with Crippen molar-refractivity contribution in [3.63, 3.8) is 0 Å². The molecule has 1 aromatic heterocycles. The lowest BCUT2D eigenvalue weighted by Gasteiger charge is -2.30. The Balaban J connectivity index is 1.85. The minimum absolute atomic E-state index is 0.293. The van der Waals surface area contributed by atoms with Gasteiger partial charge in [-0.25, -0.2) is 4.79 Å². The predicted molar refractivity (Wildman–Crippen MR) is 119 cm³/mol. The highest BCUT2D eigenvalue weighted by Crippen LogP contribution is 2.38. The topological polar surface area (TPSA) is 58.6 Å². The molecule has 154 valence electrons. The van der Waals surface area contributed by atoms with Crippen molar-refractivity contribution in [2.45, 2.75) is 39.8 Å². The lowest BCUT2D eigenvalue weighted by Crippen LogP contribution is -2.35. The Kier molecular flexibility index (Phi) is 7.11. The number of hydrogen-bond donors (Lipinski definition) is 1. The fourth-order valence-corrected chi connectivity index (χ4v) is 4.76. The first-order valence-electron chi connectivity index (χ1n) is 9.70. The number of carbonyl (C=O) groups excluding carboxylic acids is 2. The molecule has 0 saturated carbocycles. The van der Waals surface area contributed by atoms with Gasteiger partial charge < -0.3 is 10.1 Å². The third-order valence-corrected chi connectivity index (χ3v) is 6.33. The van der Waals surface area contributed by atoms with E-state index in [4.69, 9.17) is 16.3 Å². The van der Waals surface area contributed by atoms with Gasteiger partial charge in [0.1, 0.15) is 5.00 Å². The highest BCUT2D eigenvalue weighted by molar-refractivity contribution is 7.17. The Morgan fingerprint density at radius 1 is 1.34 bits per heavy atom. The highest BCUT2D eigenvalue weighted by Gasteiger charge is 2.30. The molecule has 1 amide bonds. The van der Waals surface area contributed by atoms with Crippen LogP contribution < -0.4 is 5.32 Å². The average Bonchev–Trinajstić information content (AvgIpc) is 3.04. The van der Waals surface area contributed by atoms with Crippen molar-refractivity contribution < 1.29 is 14.3 Å². The Morgan fingerprint density at radius 3 is 2.79 bits per heavy atom. The van der Waals surface area contributed by atoms with E-state index < -0.39 is 0 Å². The van der Waals surface area contributed by atoms with Gasteiger partial charge >= 0.3 is 5.97 Å². The standard InChI is InChI=1S/C22H25ClN2O3S/c1-4-28-22(27)20-16-11-12-25(14(2)3)13-18(16)29-21(20)24-19(26)10-9-15-7-5-6-8-17(15)23/h5-10,14H,4,11-13H2,1-3H3,(H,24,26). The number of carbonyl (C=O) groups is 2. The molecule has 0 bridgehead atoms. The van der Waals surface area contributed by atoms with Crippen LogP contribution in [0, 0.1) is 0 Å². The average molecular weight is 433 g/mol. The molecule has 29 heavy (non-hydrogen) atoms. The number of esters is 1. The number of halogens is 1. The third kappa shape index (κ3) is 5.07. The van der Waals surface area contributed by atoms with Crippen molar-refractivity contribution in [3.8, 4) is 0 Å². The number of nitrogens with one attached hydrogen (secondary N) is 1. The molecule has 7 heteroatoms. The second-order valence-electron chi connectivity index (χ2n) is 7.09. The lowest BCUT2D eigenvalue weighted by molar-refractivity contribution is -0.111. The van der Waals surface area contributed by atoms with Crippen molar-refractivity contribution in [3.05, 3.63) is 56.9 Å². The van der Waals surface area contributed by atoms with E-state index in [2.05, 4.69) is 24.1 Å². The second-order valence-corrected chi connectivity index (χ2v) is 8.60. The Hall–Kier alpha value is -2.15. The van der Waals surface area contributed by atoms with E-state index in [9.17, 15) is 9.59 Å².